The highest BCUT2D eigenvalue weighted by molar-refractivity contribution is 5.73. The van der Waals surface area contributed by atoms with Crippen LogP contribution in [0.1, 0.15) is 28.4 Å². The van der Waals surface area contributed by atoms with E-state index in [4.69, 9.17) is 4.74 Å². The smallest absolute Gasteiger partial charge is 0.131 e. The third-order valence-corrected chi connectivity index (χ3v) is 4.71. The van der Waals surface area contributed by atoms with Crippen molar-refractivity contribution in [1.29, 1.82) is 0 Å². The molecule has 0 spiro atoms. The van der Waals surface area contributed by atoms with E-state index in [2.05, 4.69) is 38.1 Å². The quantitative estimate of drug-likeness (QED) is 0.581. The van der Waals surface area contributed by atoms with Gasteiger partial charge >= 0.3 is 0 Å². The molecule has 1 atom stereocenters. The summed E-state index contributed by atoms with van der Waals surface area (Å²) in [5, 5.41) is 0. The van der Waals surface area contributed by atoms with Gasteiger partial charge in [0.05, 0.1) is 0 Å². The van der Waals surface area contributed by atoms with Crippen molar-refractivity contribution < 1.29 is 9.13 Å². The van der Waals surface area contributed by atoms with E-state index in [1.807, 2.05) is 18.2 Å². The first-order valence-electron chi connectivity index (χ1n) is 8.24. The largest absolute Gasteiger partial charge is 0.484 e. The molecule has 3 aromatic carbocycles. The first kappa shape index (κ1) is 14.9. The molecule has 1 heterocycles. The molecule has 0 aliphatic carbocycles. The molecule has 0 aromatic heterocycles. The van der Waals surface area contributed by atoms with Gasteiger partial charge in [-0.25, -0.2) is 4.39 Å². The highest BCUT2D eigenvalue weighted by atomic mass is 19.1. The van der Waals surface area contributed by atoms with E-state index in [1.165, 1.54) is 22.8 Å². The summed E-state index contributed by atoms with van der Waals surface area (Å²) in [5.41, 5.74) is 6.23. The predicted octanol–water partition coefficient (Wildman–Crippen LogP) is 5.79. The Morgan fingerprint density at radius 1 is 0.917 bits per heavy atom. The minimum atomic E-state index is -0.218. The lowest BCUT2D eigenvalue weighted by atomic mass is 9.96. The third-order valence-electron chi connectivity index (χ3n) is 4.71. The van der Waals surface area contributed by atoms with Crippen molar-refractivity contribution in [3.05, 3.63) is 88.7 Å². The standard InChI is InChI=1S/C22H19FO/c1-14-10-11-15(2)19(12-14)21-13-16-6-5-8-18(22(16)24-21)17-7-3-4-9-20(17)23/h3-12,21H,13H2,1-2H3. The van der Waals surface area contributed by atoms with Gasteiger partial charge in [-0.3, -0.25) is 0 Å². The fourth-order valence-corrected chi connectivity index (χ4v) is 3.44. The average Bonchev–Trinajstić information content (AvgIpc) is 3.01. The predicted molar refractivity (Wildman–Crippen MR) is 94.8 cm³/mol. The summed E-state index contributed by atoms with van der Waals surface area (Å²) in [6.07, 6.45) is 0.815. The Balaban J connectivity index is 1.77. The second kappa shape index (κ2) is 5.79. The van der Waals surface area contributed by atoms with Crippen LogP contribution in [0, 0.1) is 19.7 Å². The zero-order chi connectivity index (χ0) is 16.7. The van der Waals surface area contributed by atoms with Crippen molar-refractivity contribution in [1.82, 2.24) is 0 Å². The van der Waals surface area contributed by atoms with Gasteiger partial charge in [0.15, 0.2) is 0 Å². The Morgan fingerprint density at radius 2 is 1.71 bits per heavy atom. The number of ether oxygens (including phenoxy) is 1. The van der Waals surface area contributed by atoms with E-state index in [-0.39, 0.29) is 11.9 Å². The lowest BCUT2D eigenvalue weighted by Crippen LogP contribution is -2.05. The molecule has 3 aromatic rings. The second-order valence-corrected chi connectivity index (χ2v) is 6.44. The minimum Gasteiger partial charge on any atom is -0.484 e. The first-order chi connectivity index (χ1) is 11.6. The Hall–Kier alpha value is -2.61. The Morgan fingerprint density at radius 3 is 2.54 bits per heavy atom. The number of benzene rings is 3. The maximum absolute atomic E-state index is 14.2. The van der Waals surface area contributed by atoms with Crippen LogP contribution in [0.25, 0.3) is 11.1 Å². The Kier molecular flexibility index (Phi) is 3.61. The second-order valence-electron chi connectivity index (χ2n) is 6.44. The molecule has 4 rings (SSSR count). The summed E-state index contributed by atoms with van der Waals surface area (Å²) in [6, 6.07) is 19.3. The molecule has 2 heteroatoms. The summed E-state index contributed by atoms with van der Waals surface area (Å²) < 4.78 is 20.5. The summed E-state index contributed by atoms with van der Waals surface area (Å²) in [6.45, 7) is 4.20. The van der Waals surface area contributed by atoms with Crippen LogP contribution < -0.4 is 4.74 Å². The molecule has 0 fully saturated rings. The van der Waals surface area contributed by atoms with E-state index in [1.54, 1.807) is 12.1 Å². The van der Waals surface area contributed by atoms with Crippen molar-refractivity contribution in [2.75, 3.05) is 0 Å². The molecule has 0 saturated heterocycles. The van der Waals surface area contributed by atoms with Gasteiger partial charge in [-0.1, -0.05) is 60.2 Å². The normalized spacial score (nSPS) is 15.9. The molecule has 1 unspecified atom stereocenters. The molecule has 120 valence electrons. The Labute approximate surface area is 141 Å². The van der Waals surface area contributed by atoms with E-state index in [0.717, 1.165) is 23.3 Å². The Bertz CT molecular complexity index is 914. The molecular formula is C22H19FO. The number of para-hydroxylation sites is 1. The average molecular weight is 318 g/mol. The monoisotopic (exact) mass is 318 g/mol. The highest BCUT2D eigenvalue weighted by Gasteiger charge is 2.28. The van der Waals surface area contributed by atoms with Crippen LogP contribution in [-0.2, 0) is 6.42 Å². The topological polar surface area (TPSA) is 9.23 Å². The summed E-state index contributed by atoms with van der Waals surface area (Å²) in [5.74, 6) is 0.596. The van der Waals surface area contributed by atoms with Crippen LogP contribution in [0.4, 0.5) is 4.39 Å². The van der Waals surface area contributed by atoms with Crippen molar-refractivity contribution in [2.24, 2.45) is 0 Å². The fourth-order valence-electron chi connectivity index (χ4n) is 3.44. The third kappa shape index (κ3) is 2.48. The molecule has 1 nitrogen and oxygen atoms in total. The van der Waals surface area contributed by atoms with Gasteiger partial charge in [-0.2, -0.15) is 0 Å². The van der Waals surface area contributed by atoms with Crippen molar-refractivity contribution >= 4 is 0 Å². The summed E-state index contributed by atoms with van der Waals surface area (Å²) in [7, 11) is 0. The van der Waals surface area contributed by atoms with E-state index in [0.29, 0.717) is 5.56 Å². The van der Waals surface area contributed by atoms with Crippen LogP contribution in [0.3, 0.4) is 0 Å². The number of aryl methyl sites for hydroxylation is 2. The van der Waals surface area contributed by atoms with E-state index >= 15 is 0 Å². The lowest BCUT2D eigenvalue weighted by molar-refractivity contribution is 0.238. The van der Waals surface area contributed by atoms with Gasteiger partial charge in [-0.05, 0) is 36.6 Å². The SMILES string of the molecule is Cc1ccc(C)c(C2Cc3cccc(-c4ccccc4F)c3O2)c1. The highest BCUT2D eigenvalue weighted by Crippen LogP contribution is 2.44. The number of hydrogen-bond acceptors (Lipinski definition) is 1. The van der Waals surface area contributed by atoms with Crippen molar-refractivity contribution in [3.8, 4) is 16.9 Å². The molecule has 0 saturated carbocycles. The zero-order valence-electron chi connectivity index (χ0n) is 13.8. The number of rotatable bonds is 2. The first-order valence-corrected chi connectivity index (χ1v) is 8.24. The lowest BCUT2D eigenvalue weighted by Gasteiger charge is -2.16. The number of hydrogen-bond donors (Lipinski definition) is 0. The van der Waals surface area contributed by atoms with E-state index < -0.39 is 0 Å². The van der Waals surface area contributed by atoms with Gasteiger partial charge in [0.2, 0.25) is 0 Å². The minimum absolute atomic E-state index is 0.00664. The van der Waals surface area contributed by atoms with Crippen LogP contribution in [0.5, 0.6) is 5.75 Å². The van der Waals surface area contributed by atoms with Crippen LogP contribution in [0.15, 0.2) is 60.7 Å². The summed E-state index contributed by atoms with van der Waals surface area (Å²) >= 11 is 0. The molecule has 0 amide bonds. The number of fused-ring (bicyclic) bond motifs is 1. The van der Waals surface area contributed by atoms with E-state index in [9.17, 15) is 4.39 Å². The number of halogens is 1. The van der Waals surface area contributed by atoms with Crippen LogP contribution in [-0.4, -0.2) is 0 Å². The van der Waals surface area contributed by atoms with Crippen molar-refractivity contribution in [2.45, 2.75) is 26.4 Å². The van der Waals surface area contributed by atoms with Gasteiger partial charge in [-0.15, -0.1) is 0 Å². The molecule has 0 radical (unpaired) electrons. The molecule has 1 aliphatic heterocycles. The van der Waals surface area contributed by atoms with Crippen molar-refractivity contribution in [3.63, 3.8) is 0 Å². The molecule has 1 aliphatic rings. The molecule has 0 bridgehead atoms. The van der Waals surface area contributed by atoms with Crippen LogP contribution >= 0.6 is 0 Å². The molecule has 0 N–H and O–H groups in total. The molecular weight excluding hydrogens is 299 g/mol. The zero-order valence-corrected chi connectivity index (χ0v) is 13.8. The summed E-state index contributed by atoms with van der Waals surface area (Å²) in [4.78, 5) is 0. The van der Waals surface area contributed by atoms with Gasteiger partial charge in [0, 0.05) is 17.5 Å². The molecule has 24 heavy (non-hydrogen) atoms. The van der Waals surface area contributed by atoms with Gasteiger partial charge < -0.3 is 4.74 Å². The van der Waals surface area contributed by atoms with Crippen LogP contribution in [0.2, 0.25) is 0 Å². The van der Waals surface area contributed by atoms with Gasteiger partial charge in [0.25, 0.3) is 0 Å². The maximum atomic E-state index is 14.2. The van der Waals surface area contributed by atoms with Gasteiger partial charge in [0.1, 0.15) is 17.7 Å². The maximum Gasteiger partial charge on any atom is 0.131 e. The fraction of sp³-hybridized carbons (Fsp3) is 0.182.